The first-order valence-corrected chi connectivity index (χ1v) is 7.71. The van der Waals surface area contributed by atoms with Crippen LogP contribution in [-0.2, 0) is 6.54 Å². The Bertz CT molecular complexity index is 743. The summed E-state index contributed by atoms with van der Waals surface area (Å²) in [4.78, 5) is 8.89. The van der Waals surface area contributed by atoms with Gasteiger partial charge in [0.05, 0.1) is 11.2 Å². The molecule has 0 saturated heterocycles. The topological polar surface area (TPSA) is 37.8 Å². The fourth-order valence-corrected chi connectivity index (χ4v) is 2.79. The highest BCUT2D eigenvalue weighted by Crippen LogP contribution is 2.25. The van der Waals surface area contributed by atoms with E-state index in [0.29, 0.717) is 0 Å². The van der Waals surface area contributed by atoms with Crippen molar-refractivity contribution in [2.24, 2.45) is 0 Å². The van der Waals surface area contributed by atoms with E-state index in [9.17, 15) is 0 Å². The zero-order valence-corrected chi connectivity index (χ0v) is 13.3. The van der Waals surface area contributed by atoms with Crippen molar-refractivity contribution in [3.8, 4) is 0 Å². The second-order valence-electron chi connectivity index (χ2n) is 4.96. The molecule has 1 unspecified atom stereocenters. The van der Waals surface area contributed by atoms with E-state index in [1.807, 2.05) is 36.7 Å². The molecule has 1 atom stereocenters. The fourth-order valence-electron chi connectivity index (χ4n) is 2.34. The molecule has 0 spiro atoms. The van der Waals surface area contributed by atoms with E-state index in [2.05, 4.69) is 56.3 Å². The molecule has 3 nitrogen and oxygen atoms in total. The highest BCUT2D eigenvalue weighted by Gasteiger charge is 2.09. The molecule has 0 radical (unpaired) electrons. The van der Waals surface area contributed by atoms with E-state index in [1.54, 1.807) is 0 Å². The molecule has 0 aliphatic rings. The minimum atomic E-state index is 0.202. The molecule has 3 aromatic rings. The highest BCUT2D eigenvalue weighted by molar-refractivity contribution is 9.10. The maximum Gasteiger partial charge on any atom is 0.0758 e. The third-order valence-electron chi connectivity index (χ3n) is 3.53. The number of hydrogen-bond acceptors (Lipinski definition) is 3. The number of fused-ring (bicyclic) bond motifs is 1. The first-order chi connectivity index (χ1) is 10.3. The maximum absolute atomic E-state index is 4.51. The summed E-state index contributed by atoms with van der Waals surface area (Å²) in [7, 11) is 0. The Morgan fingerprint density at radius 1 is 1.05 bits per heavy atom. The standard InChI is InChI=1S/C17H16BrN3/c1-12(16-6-2-3-9-19-16)21-11-13-7-8-15(18)14-5-4-10-20-17(13)14/h2-10,12,21H,11H2,1H3. The van der Waals surface area contributed by atoms with Gasteiger partial charge in [0.25, 0.3) is 0 Å². The van der Waals surface area contributed by atoms with Gasteiger partial charge in [0.15, 0.2) is 0 Å². The van der Waals surface area contributed by atoms with Gasteiger partial charge in [-0.3, -0.25) is 9.97 Å². The minimum absolute atomic E-state index is 0.202. The molecule has 106 valence electrons. The molecule has 0 fully saturated rings. The Balaban J connectivity index is 1.81. The van der Waals surface area contributed by atoms with Crippen LogP contribution in [0.15, 0.2) is 59.3 Å². The van der Waals surface area contributed by atoms with E-state index < -0.39 is 0 Å². The molecular weight excluding hydrogens is 326 g/mol. The van der Waals surface area contributed by atoms with E-state index >= 15 is 0 Å². The molecule has 0 saturated carbocycles. The van der Waals surface area contributed by atoms with Gasteiger partial charge in [0, 0.05) is 34.8 Å². The quantitative estimate of drug-likeness (QED) is 0.771. The van der Waals surface area contributed by atoms with Crippen LogP contribution in [0.25, 0.3) is 10.9 Å². The Labute approximate surface area is 132 Å². The van der Waals surface area contributed by atoms with Gasteiger partial charge in [-0.05, 0) is 36.8 Å². The number of rotatable bonds is 4. The molecule has 1 N–H and O–H groups in total. The summed E-state index contributed by atoms with van der Waals surface area (Å²) in [5.74, 6) is 0. The first-order valence-electron chi connectivity index (χ1n) is 6.92. The average molecular weight is 342 g/mol. The molecule has 4 heteroatoms. The lowest BCUT2D eigenvalue weighted by Crippen LogP contribution is -2.19. The fraction of sp³-hybridized carbons (Fsp3) is 0.176. The van der Waals surface area contributed by atoms with Crippen LogP contribution in [0, 0.1) is 0 Å². The van der Waals surface area contributed by atoms with Crippen LogP contribution in [0.4, 0.5) is 0 Å². The number of halogens is 1. The van der Waals surface area contributed by atoms with Crippen LogP contribution in [0.5, 0.6) is 0 Å². The third-order valence-corrected chi connectivity index (χ3v) is 4.22. The molecule has 2 heterocycles. The summed E-state index contributed by atoms with van der Waals surface area (Å²) in [5, 5.41) is 4.65. The van der Waals surface area contributed by atoms with Crippen LogP contribution in [0.2, 0.25) is 0 Å². The van der Waals surface area contributed by atoms with Crippen LogP contribution in [0.3, 0.4) is 0 Å². The van der Waals surface area contributed by atoms with Crippen molar-refractivity contribution >= 4 is 26.8 Å². The van der Waals surface area contributed by atoms with Crippen molar-refractivity contribution in [3.05, 3.63) is 70.6 Å². The summed E-state index contributed by atoms with van der Waals surface area (Å²) in [5.41, 5.74) is 3.27. The Morgan fingerprint density at radius 2 is 1.90 bits per heavy atom. The SMILES string of the molecule is CC(NCc1ccc(Br)c2cccnc12)c1ccccn1. The van der Waals surface area contributed by atoms with Crippen molar-refractivity contribution in [2.75, 3.05) is 0 Å². The smallest absolute Gasteiger partial charge is 0.0758 e. The van der Waals surface area contributed by atoms with Crippen LogP contribution in [-0.4, -0.2) is 9.97 Å². The van der Waals surface area contributed by atoms with Gasteiger partial charge in [-0.25, -0.2) is 0 Å². The number of hydrogen-bond donors (Lipinski definition) is 1. The molecule has 0 amide bonds. The molecule has 2 aromatic heterocycles. The number of benzene rings is 1. The second kappa shape index (κ2) is 6.33. The lowest BCUT2D eigenvalue weighted by atomic mass is 10.1. The van der Waals surface area contributed by atoms with E-state index in [1.165, 1.54) is 5.56 Å². The van der Waals surface area contributed by atoms with Gasteiger partial charge in [-0.1, -0.05) is 34.1 Å². The van der Waals surface area contributed by atoms with Crippen molar-refractivity contribution < 1.29 is 0 Å². The number of aromatic nitrogens is 2. The van der Waals surface area contributed by atoms with Crippen LogP contribution >= 0.6 is 15.9 Å². The molecular formula is C17H16BrN3. The van der Waals surface area contributed by atoms with E-state index in [-0.39, 0.29) is 6.04 Å². The van der Waals surface area contributed by atoms with Crippen molar-refractivity contribution in [3.63, 3.8) is 0 Å². The van der Waals surface area contributed by atoms with Gasteiger partial charge < -0.3 is 5.32 Å². The predicted molar refractivity (Wildman–Crippen MR) is 88.9 cm³/mol. The molecule has 3 rings (SSSR count). The minimum Gasteiger partial charge on any atom is -0.305 e. The van der Waals surface area contributed by atoms with Gasteiger partial charge >= 0.3 is 0 Å². The van der Waals surface area contributed by atoms with Crippen LogP contribution < -0.4 is 5.32 Å². The lowest BCUT2D eigenvalue weighted by Gasteiger charge is -2.14. The summed E-state index contributed by atoms with van der Waals surface area (Å²) >= 11 is 3.58. The Hall–Kier alpha value is -1.78. The maximum atomic E-state index is 4.51. The average Bonchev–Trinajstić information content (AvgIpc) is 2.55. The van der Waals surface area contributed by atoms with E-state index in [0.717, 1.165) is 27.6 Å². The van der Waals surface area contributed by atoms with Gasteiger partial charge in [0.1, 0.15) is 0 Å². The molecule has 0 aliphatic carbocycles. The Kier molecular flexibility index (Phi) is 4.27. The van der Waals surface area contributed by atoms with Crippen molar-refractivity contribution in [1.29, 1.82) is 0 Å². The zero-order chi connectivity index (χ0) is 14.7. The second-order valence-corrected chi connectivity index (χ2v) is 5.82. The summed E-state index contributed by atoms with van der Waals surface area (Å²) < 4.78 is 1.08. The van der Waals surface area contributed by atoms with Gasteiger partial charge in [-0.15, -0.1) is 0 Å². The molecule has 0 aliphatic heterocycles. The summed E-state index contributed by atoms with van der Waals surface area (Å²) in [6.45, 7) is 2.88. The zero-order valence-electron chi connectivity index (χ0n) is 11.8. The Morgan fingerprint density at radius 3 is 2.71 bits per heavy atom. The largest absolute Gasteiger partial charge is 0.305 e. The van der Waals surface area contributed by atoms with Crippen LogP contribution in [0.1, 0.15) is 24.2 Å². The molecule has 21 heavy (non-hydrogen) atoms. The monoisotopic (exact) mass is 341 g/mol. The molecule has 0 bridgehead atoms. The number of nitrogens with zero attached hydrogens (tertiary/aromatic N) is 2. The molecule has 1 aromatic carbocycles. The highest BCUT2D eigenvalue weighted by atomic mass is 79.9. The normalized spacial score (nSPS) is 12.5. The summed E-state index contributed by atoms with van der Waals surface area (Å²) in [6.07, 6.45) is 3.66. The van der Waals surface area contributed by atoms with Gasteiger partial charge in [-0.2, -0.15) is 0 Å². The summed E-state index contributed by atoms with van der Waals surface area (Å²) in [6, 6.07) is 14.4. The lowest BCUT2D eigenvalue weighted by molar-refractivity contribution is 0.563. The van der Waals surface area contributed by atoms with Crippen molar-refractivity contribution in [2.45, 2.75) is 19.5 Å². The predicted octanol–water partition coefficient (Wildman–Crippen LogP) is 4.24. The van der Waals surface area contributed by atoms with E-state index in [4.69, 9.17) is 0 Å². The van der Waals surface area contributed by atoms with Crippen molar-refractivity contribution in [1.82, 2.24) is 15.3 Å². The number of pyridine rings is 2. The van der Waals surface area contributed by atoms with Gasteiger partial charge in [0.2, 0.25) is 0 Å². The first kappa shape index (κ1) is 14.2. The number of nitrogens with one attached hydrogen (secondary N) is 1. The third kappa shape index (κ3) is 3.12.